The van der Waals surface area contributed by atoms with Crippen LogP contribution in [0.1, 0.15) is 25.5 Å². The van der Waals surface area contributed by atoms with Crippen LogP contribution in [0.25, 0.3) is 0 Å². The van der Waals surface area contributed by atoms with E-state index in [0.717, 1.165) is 0 Å². The Hall–Kier alpha value is -0.640. The predicted octanol–water partition coefficient (Wildman–Crippen LogP) is 2.50. The molecule has 0 fully saturated rings. The lowest BCUT2D eigenvalue weighted by Crippen LogP contribution is -2.33. The quantitative estimate of drug-likeness (QED) is 0.840. The molecule has 2 unspecified atom stereocenters. The number of aliphatic hydroxyl groups excluding tert-OH is 1. The summed E-state index contributed by atoms with van der Waals surface area (Å²) in [5.74, 6) is -0.352. The van der Waals surface area contributed by atoms with Crippen LogP contribution in [0.5, 0.6) is 0 Å². The predicted molar refractivity (Wildman–Crippen MR) is 59.2 cm³/mol. The molecule has 0 aromatic heterocycles. The second kappa shape index (κ2) is 4.92. The molecule has 0 radical (unpaired) electrons. The highest BCUT2D eigenvalue weighted by Crippen LogP contribution is 2.24. The highest BCUT2D eigenvalue weighted by Gasteiger charge is 2.20. The van der Waals surface area contributed by atoms with E-state index in [0.29, 0.717) is 5.56 Å². The zero-order valence-corrected chi connectivity index (χ0v) is 9.50. The van der Waals surface area contributed by atoms with Gasteiger partial charge in [0.05, 0.1) is 6.10 Å². The van der Waals surface area contributed by atoms with Crippen molar-refractivity contribution in [2.75, 3.05) is 0 Å². The van der Waals surface area contributed by atoms with Crippen LogP contribution in [0.4, 0.5) is 4.39 Å². The van der Waals surface area contributed by atoms with E-state index < -0.39 is 18.0 Å². The van der Waals surface area contributed by atoms with Gasteiger partial charge in [-0.05, 0) is 29.7 Å². The average Bonchev–Trinajstić information content (AvgIpc) is 2.13. The molecule has 1 rings (SSSR count). The summed E-state index contributed by atoms with van der Waals surface area (Å²) >= 11 is 5.69. The molecule has 0 aliphatic rings. The fourth-order valence-electron chi connectivity index (χ4n) is 1.33. The molecule has 0 amide bonds. The minimum atomic E-state index is -0.891. The van der Waals surface area contributed by atoms with Crippen molar-refractivity contribution in [2.24, 2.45) is 11.7 Å². The van der Waals surface area contributed by atoms with Crippen molar-refractivity contribution in [3.63, 3.8) is 0 Å². The summed E-state index contributed by atoms with van der Waals surface area (Å²) in [6, 6.07) is 3.54. The topological polar surface area (TPSA) is 46.2 Å². The van der Waals surface area contributed by atoms with E-state index in [1.807, 2.05) is 13.8 Å². The highest BCUT2D eigenvalue weighted by atomic mass is 35.5. The largest absolute Gasteiger partial charge is 0.387 e. The van der Waals surface area contributed by atoms with E-state index in [-0.39, 0.29) is 10.9 Å². The van der Waals surface area contributed by atoms with E-state index in [1.165, 1.54) is 18.2 Å². The molecule has 0 spiro atoms. The van der Waals surface area contributed by atoms with Crippen molar-refractivity contribution in [2.45, 2.75) is 26.0 Å². The maximum atomic E-state index is 13.0. The summed E-state index contributed by atoms with van der Waals surface area (Å²) < 4.78 is 13.0. The molecule has 84 valence electrons. The van der Waals surface area contributed by atoms with Gasteiger partial charge in [0.2, 0.25) is 0 Å². The fourth-order valence-corrected chi connectivity index (χ4v) is 1.56. The monoisotopic (exact) mass is 231 g/mol. The van der Waals surface area contributed by atoms with Gasteiger partial charge in [0, 0.05) is 11.1 Å². The van der Waals surface area contributed by atoms with Gasteiger partial charge in [-0.2, -0.15) is 0 Å². The summed E-state index contributed by atoms with van der Waals surface area (Å²) in [6.45, 7) is 3.80. The van der Waals surface area contributed by atoms with Crippen LogP contribution < -0.4 is 5.73 Å². The number of hydrogen-bond acceptors (Lipinski definition) is 2. The van der Waals surface area contributed by atoms with E-state index >= 15 is 0 Å². The number of aliphatic hydroxyl groups is 1. The van der Waals surface area contributed by atoms with Gasteiger partial charge in [-0.25, -0.2) is 4.39 Å². The van der Waals surface area contributed by atoms with E-state index in [1.54, 1.807) is 0 Å². The molecular formula is C11H15ClFNO. The van der Waals surface area contributed by atoms with Gasteiger partial charge in [0.1, 0.15) is 5.82 Å². The molecule has 0 saturated heterocycles. The van der Waals surface area contributed by atoms with Crippen LogP contribution in [0, 0.1) is 11.7 Å². The van der Waals surface area contributed by atoms with Gasteiger partial charge in [-0.3, -0.25) is 0 Å². The first-order valence-corrected chi connectivity index (χ1v) is 5.19. The Balaban J connectivity index is 2.95. The van der Waals surface area contributed by atoms with Crippen molar-refractivity contribution in [1.29, 1.82) is 0 Å². The van der Waals surface area contributed by atoms with Crippen molar-refractivity contribution >= 4 is 11.6 Å². The molecule has 0 aliphatic carbocycles. The second-order valence-electron chi connectivity index (χ2n) is 3.97. The third kappa shape index (κ3) is 3.16. The number of rotatable bonds is 3. The summed E-state index contributed by atoms with van der Waals surface area (Å²) in [5, 5.41) is 10.1. The third-order valence-electron chi connectivity index (χ3n) is 2.36. The number of halogens is 2. The SMILES string of the molecule is CC(C)C(N)C(O)c1cc(F)cc(Cl)c1. The summed E-state index contributed by atoms with van der Waals surface area (Å²) in [5.41, 5.74) is 6.19. The zero-order valence-electron chi connectivity index (χ0n) is 8.74. The molecule has 1 aromatic rings. The fraction of sp³-hybridized carbons (Fsp3) is 0.455. The Bertz CT molecular complexity index is 323. The second-order valence-corrected chi connectivity index (χ2v) is 4.41. The zero-order chi connectivity index (χ0) is 11.6. The Kier molecular flexibility index (Phi) is 4.08. The van der Waals surface area contributed by atoms with Crippen molar-refractivity contribution in [3.8, 4) is 0 Å². The Morgan fingerprint density at radius 2 is 1.93 bits per heavy atom. The first kappa shape index (κ1) is 12.4. The van der Waals surface area contributed by atoms with Gasteiger partial charge < -0.3 is 10.8 Å². The van der Waals surface area contributed by atoms with Gasteiger partial charge in [0.25, 0.3) is 0 Å². The molecule has 2 nitrogen and oxygen atoms in total. The van der Waals surface area contributed by atoms with Crippen molar-refractivity contribution < 1.29 is 9.50 Å². The minimum Gasteiger partial charge on any atom is -0.387 e. The molecule has 0 aliphatic heterocycles. The van der Waals surface area contributed by atoms with Gasteiger partial charge >= 0.3 is 0 Å². The van der Waals surface area contributed by atoms with Crippen LogP contribution in [-0.2, 0) is 0 Å². The molecular weight excluding hydrogens is 217 g/mol. The molecule has 2 atom stereocenters. The lowest BCUT2D eigenvalue weighted by molar-refractivity contribution is 0.125. The minimum absolute atomic E-state index is 0.113. The van der Waals surface area contributed by atoms with Crippen molar-refractivity contribution in [3.05, 3.63) is 34.6 Å². The Morgan fingerprint density at radius 3 is 2.40 bits per heavy atom. The van der Waals surface area contributed by atoms with Gasteiger partial charge in [0.15, 0.2) is 0 Å². The number of nitrogens with two attached hydrogens (primary N) is 1. The number of benzene rings is 1. The Labute approximate surface area is 93.9 Å². The molecule has 4 heteroatoms. The molecule has 0 heterocycles. The maximum absolute atomic E-state index is 13.0. The molecule has 0 bridgehead atoms. The lowest BCUT2D eigenvalue weighted by atomic mass is 9.94. The van der Waals surface area contributed by atoms with Gasteiger partial charge in [-0.15, -0.1) is 0 Å². The molecule has 0 saturated carbocycles. The first-order valence-electron chi connectivity index (χ1n) is 4.81. The summed E-state index contributed by atoms with van der Waals surface area (Å²) in [6.07, 6.45) is -0.891. The lowest BCUT2D eigenvalue weighted by Gasteiger charge is -2.22. The van der Waals surface area contributed by atoms with E-state index in [4.69, 9.17) is 17.3 Å². The van der Waals surface area contributed by atoms with Crippen LogP contribution in [0.3, 0.4) is 0 Å². The van der Waals surface area contributed by atoms with E-state index in [2.05, 4.69) is 0 Å². The number of hydrogen-bond donors (Lipinski definition) is 2. The Morgan fingerprint density at radius 1 is 1.33 bits per heavy atom. The maximum Gasteiger partial charge on any atom is 0.125 e. The van der Waals surface area contributed by atoms with Crippen molar-refractivity contribution in [1.82, 2.24) is 0 Å². The molecule has 15 heavy (non-hydrogen) atoms. The van der Waals surface area contributed by atoms with Crippen LogP contribution in [0.2, 0.25) is 5.02 Å². The van der Waals surface area contributed by atoms with Crippen LogP contribution in [-0.4, -0.2) is 11.1 Å². The molecule has 3 N–H and O–H groups in total. The summed E-state index contributed by atoms with van der Waals surface area (Å²) in [7, 11) is 0. The first-order chi connectivity index (χ1) is 6.91. The molecule has 1 aromatic carbocycles. The highest BCUT2D eigenvalue weighted by molar-refractivity contribution is 6.30. The smallest absolute Gasteiger partial charge is 0.125 e. The third-order valence-corrected chi connectivity index (χ3v) is 2.58. The summed E-state index contributed by atoms with van der Waals surface area (Å²) in [4.78, 5) is 0. The standard InChI is InChI=1S/C11H15ClFNO/c1-6(2)10(14)11(15)7-3-8(12)5-9(13)4-7/h3-6,10-11,15H,14H2,1-2H3. The normalized spacial score (nSPS) is 15.4. The average molecular weight is 232 g/mol. The van der Waals surface area contributed by atoms with Gasteiger partial charge in [-0.1, -0.05) is 25.4 Å². The van der Waals surface area contributed by atoms with Crippen LogP contribution in [0.15, 0.2) is 18.2 Å². The van der Waals surface area contributed by atoms with Crippen LogP contribution >= 0.6 is 11.6 Å². The van der Waals surface area contributed by atoms with E-state index in [9.17, 15) is 9.50 Å².